The number of aliphatic hydroxyl groups is 1. The molecule has 9 rings (SSSR count). The summed E-state index contributed by atoms with van der Waals surface area (Å²) in [5.74, 6) is 1.04. The number of aliphatic hydroxyl groups excluding tert-OH is 1. The van der Waals surface area contributed by atoms with E-state index in [4.69, 9.17) is 18.9 Å². The normalized spacial score (nSPS) is 13.7. The second kappa shape index (κ2) is 23.8. The van der Waals surface area contributed by atoms with Gasteiger partial charge in [-0.05, 0) is 117 Å². The maximum absolute atomic E-state index is 14.2. The maximum atomic E-state index is 14.2. The number of hydrogen-bond acceptors (Lipinski definition) is 12. The number of nitrogens with zero attached hydrogens (tertiary/aromatic N) is 9. The molecule has 0 aliphatic heterocycles. The molecule has 1 saturated carbocycles. The minimum atomic E-state index is -4.78. The van der Waals surface area contributed by atoms with Crippen LogP contribution < -0.4 is 9.47 Å². The van der Waals surface area contributed by atoms with E-state index in [0.29, 0.717) is 28.4 Å². The largest absolute Gasteiger partial charge is 0.497 e. The van der Waals surface area contributed by atoms with Crippen molar-refractivity contribution in [2.45, 2.75) is 77.1 Å². The summed E-state index contributed by atoms with van der Waals surface area (Å²) in [6.07, 6.45) is -4.87. The Morgan fingerprint density at radius 2 is 1.30 bits per heavy atom. The summed E-state index contributed by atoms with van der Waals surface area (Å²) in [5, 5.41) is 35.0. The first kappa shape index (κ1) is 54.0. The first-order valence-corrected chi connectivity index (χ1v) is 22.6. The number of ether oxygens (including phenoxy) is 4. The lowest BCUT2D eigenvalue weighted by Gasteiger charge is -2.20. The van der Waals surface area contributed by atoms with Crippen molar-refractivity contribution in [1.82, 2.24) is 50.0 Å². The molecule has 0 radical (unpaired) electrons. The average Bonchev–Trinajstić information content (AvgIpc) is 3.91. The number of carbonyl (C=O) groups excluding carboxylic acids is 1. The number of benzene rings is 4. The zero-order chi connectivity index (χ0) is 53.2. The fourth-order valence-electron chi connectivity index (χ4n) is 7.22. The van der Waals surface area contributed by atoms with Gasteiger partial charge >= 0.3 is 12.4 Å². The fraction of sp³-hybridized carbons (Fsp3) is 0.300. The quantitative estimate of drug-likeness (QED) is 0.0651. The lowest BCUT2D eigenvalue weighted by molar-refractivity contribution is -0.142. The number of alkyl halides is 6. The van der Waals surface area contributed by atoms with Crippen molar-refractivity contribution in [1.29, 1.82) is 0 Å². The highest BCUT2D eigenvalue weighted by Crippen LogP contribution is 2.36. The van der Waals surface area contributed by atoms with Crippen molar-refractivity contribution >= 4 is 6.29 Å². The van der Waals surface area contributed by atoms with Gasteiger partial charge in [0.15, 0.2) is 17.7 Å². The number of nitrogens with one attached hydrogen (secondary N) is 1. The zero-order valence-electron chi connectivity index (χ0n) is 39.9. The van der Waals surface area contributed by atoms with Crippen molar-refractivity contribution in [3.8, 4) is 22.9 Å². The van der Waals surface area contributed by atoms with Crippen LogP contribution in [0.25, 0.3) is 11.4 Å². The second-order valence-electron chi connectivity index (χ2n) is 16.7. The van der Waals surface area contributed by atoms with Gasteiger partial charge in [0, 0.05) is 23.9 Å². The van der Waals surface area contributed by atoms with Crippen LogP contribution in [-0.4, -0.2) is 75.6 Å². The molecule has 1 fully saturated rings. The van der Waals surface area contributed by atoms with Crippen molar-refractivity contribution in [2.24, 2.45) is 5.92 Å². The van der Waals surface area contributed by atoms with Crippen LogP contribution in [0, 0.1) is 17.6 Å². The predicted molar refractivity (Wildman–Crippen MR) is 248 cm³/mol. The Morgan fingerprint density at radius 1 is 0.743 bits per heavy atom. The van der Waals surface area contributed by atoms with Gasteiger partial charge in [-0.3, -0.25) is 9.48 Å². The summed E-state index contributed by atoms with van der Waals surface area (Å²) >= 11 is 0. The number of rotatable bonds is 17. The lowest BCUT2D eigenvalue weighted by atomic mass is 10.1. The number of carbonyl (C=O) groups is 1. The Bertz CT molecular complexity index is 3070. The third kappa shape index (κ3) is 14.2. The molecular weight excluding hydrogens is 989 g/mol. The lowest BCUT2D eigenvalue weighted by Crippen LogP contribution is -2.13. The molecule has 0 bridgehead atoms. The van der Waals surface area contributed by atoms with E-state index in [0.717, 1.165) is 63.5 Å². The molecule has 1 unspecified atom stereocenters. The van der Waals surface area contributed by atoms with E-state index in [2.05, 4.69) is 35.9 Å². The van der Waals surface area contributed by atoms with Crippen LogP contribution >= 0.6 is 0 Å². The first-order chi connectivity index (χ1) is 35.3. The van der Waals surface area contributed by atoms with Crippen molar-refractivity contribution in [3.05, 3.63) is 178 Å². The number of methoxy groups -OCH3 is 2. The SMILES string of the molecule is COc1ccc(CO[C@H](C)c2cc(F)ccc2-n2ccc(C(F)(F)F)n2)cc1.COc1ccc(CO[C@H](C)c2cc(F)ccc2-n2nc(C(F)(F)F)cc2C(O)c2cn[nH]n2)cc1.O=Cc1cn(CC2CC2)nn1. The summed E-state index contributed by atoms with van der Waals surface area (Å²) in [4.78, 5) is 10.2. The Balaban J connectivity index is 0.000000182. The molecule has 1 aliphatic carbocycles. The van der Waals surface area contributed by atoms with Crippen LogP contribution in [0.5, 0.6) is 11.5 Å². The predicted octanol–water partition coefficient (Wildman–Crippen LogP) is 10.3. The molecule has 0 saturated heterocycles. The molecule has 0 spiro atoms. The summed E-state index contributed by atoms with van der Waals surface area (Å²) in [6.45, 7) is 4.66. The van der Waals surface area contributed by atoms with Gasteiger partial charge in [-0.25, -0.2) is 18.1 Å². The van der Waals surface area contributed by atoms with Crippen LogP contribution in [0.4, 0.5) is 35.1 Å². The van der Waals surface area contributed by atoms with Gasteiger partial charge in [-0.1, -0.05) is 29.5 Å². The number of aromatic amines is 1. The third-order valence-electron chi connectivity index (χ3n) is 11.4. The van der Waals surface area contributed by atoms with E-state index in [1.165, 1.54) is 49.5 Å². The third-order valence-corrected chi connectivity index (χ3v) is 11.4. The average molecular weight is 1040 g/mol. The number of aldehydes is 1. The minimum Gasteiger partial charge on any atom is -0.497 e. The number of halogens is 8. The Labute approximate surface area is 417 Å². The molecule has 0 amide bonds. The maximum Gasteiger partial charge on any atom is 0.435 e. The molecule has 2 N–H and O–H groups in total. The molecule has 16 nitrogen and oxygen atoms in total. The van der Waals surface area contributed by atoms with Crippen LogP contribution in [0.15, 0.2) is 116 Å². The standard InChI is InChI=1S/C23H21F4N5O3.C20H18F4N2O2.C7H9N3O/c1-13(35-12-14-3-6-16(34-2)7-4-14)17-9-15(24)5-8-19(17)32-20(10-21(30-32)23(25,26)27)22(33)18-11-28-31-29-18;1-13(28-12-14-3-6-16(27-2)7-4-14)17-11-15(21)5-8-18(17)26-10-9-19(25-26)20(22,23)24;11-5-7-4-10(9-8-7)3-6-1-2-6/h3-11,13,22,33H,12H2,1-2H3,(H,28,29,31);3-11,13H,12H2,1-2H3;4-6H,1-3H2/t13-,22?;13-;/m11./s1. The van der Waals surface area contributed by atoms with E-state index in [1.54, 1.807) is 75.3 Å². The minimum absolute atomic E-state index is 0.00709. The monoisotopic (exact) mass is 1040 g/mol. The second-order valence-corrected chi connectivity index (χ2v) is 16.7. The van der Waals surface area contributed by atoms with E-state index in [-0.39, 0.29) is 35.9 Å². The highest BCUT2D eigenvalue weighted by Gasteiger charge is 2.37. The van der Waals surface area contributed by atoms with Gasteiger partial charge in [-0.2, -0.15) is 52.0 Å². The molecule has 4 heterocycles. The molecular formula is C50H48F8N10O6. The Morgan fingerprint density at radius 3 is 1.77 bits per heavy atom. The van der Waals surface area contributed by atoms with Crippen molar-refractivity contribution in [2.75, 3.05) is 14.2 Å². The van der Waals surface area contributed by atoms with Gasteiger partial charge in [0.1, 0.15) is 40.6 Å². The molecule has 390 valence electrons. The Hall–Kier alpha value is -7.83. The highest BCUT2D eigenvalue weighted by atomic mass is 19.4. The summed E-state index contributed by atoms with van der Waals surface area (Å²) in [6, 6.07) is 23.3. The van der Waals surface area contributed by atoms with E-state index >= 15 is 0 Å². The molecule has 4 aromatic carbocycles. The first-order valence-electron chi connectivity index (χ1n) is 22.6. The van der Waals surface area contributed by atoms with E-state index < -0.39 is 53.7 Å². The van der Waals surface area contributed by atoms with Crippen LogP contribution in [0.1, 0.15) is 101 Å². The summed E-state index contributed by atoms with van der Waals surface area (Å²) in [5.41, 5.74) is 0.710. The van der Waals surface area contributed by atoms with Crippen LogP contribution in [0.2, 0.25) is 0 Å². The molecule has 4 aromatic heterocycles. The fourth-order valence-corrected chi connectivity index (χ4v) is 7.22. The van der Waals surface area contributed by atoms with Gasteiger partial charge in [0.05, 0.1) is 69.1 Å². The van der Waals surface area contributed by atoms with Crippen molar-refractivity contribution in [3.63, 3.8) is 0 Å². The Kier molecular flexibility index (Phi) is 17.4. The molecule has 74 heavy (non-hydrogen) atoms. The number of aromatic nitrogens is 10. The number of hydrogen-bond donors (Lipinski definition) is 2. The van der Waals surface area contributed by atoms with Crippen molar-refractivity contribution < 1.29 is 64.0 Å². The van der Waals surface area contributed by atoms with Gasteiger partial charge in [-0.15, -0.1) is 5.10 Å². The summed E-state index contributed by atoms with van der Waals surface area (Å²) in [7, 11) is 3.12. The van der Waals surface area contributed by atoms with Gasteiger partial charge < -0.3 is 24.1 Å². The topological polar surface area (TPSA) is 182 Å². The number of H-pyrrole nitrogens is 1. The molecule has 1 aliphatic rings. The smallest absolute Gasteiger partial charge is 0.435 e. The summed E-state index contributed by atoms with van der Waals surface area (Å²) < 4.78 is 133. The van der Waals surface area contributed by atoms with Crippen LogP contribution in [0.3, 0.4) is 0 Å². The molecule has 8 aromatic rings. The van der Waals surface area contributed by atoms with Crippen LogP contribution in [-0.2, 0) is 41.6 Å². The molecule has 3 atom stereocenters. The van der Waals surface area contributed by atoms with Gasteiger partial charge in [0.25, 0.3) is 0 Å². The molecule has 24 heteroatoms. The zero-order valence-corrected chi connectivity index (χ0v) is 39.9. The van der Waals surface area contributed by atoms with E-state index in [9.17, 15) is 45.0 Å². The van der Waals surface area contributed by atoms with Gasteiger partial charge in [0.2, 0.25) is 0 Å². The van der Waals surface area contributed by atoms with E-state index in [1.807, 2.05) is 12.1 Å². The highest BCUT2D eigenvalue weighted by molar-refractivity contribution is 5.70.